The van der Waals surface area contributed by atoms with Crippen LogP contribution >= 0.6 is 0 Å². The molecule has 1 unspecified atom stereocenters. The summed E-state index contributed by atoms with van der Waals surface area (Å²) >= 11 is 0. The summed E-state index contributed by atoms with van der Waals surface area (Å²) in [5, 5.41) is 26.5. The van der Waals surface area contributed by atoms with E-state index in [1.807, 2.05) is 24.4 Å². The van der Waals surface area contributed by atoms with Gasteiger partial charge in [-0.25, -0.2) is 4.98 Å². The van der Waals surface area contributed by atoms with Gasteiger partial charge in [0.15, 0.2) is 17.7 Å². The minimum absolute atomic E-state index is 0.166. The van der Waals surface area contributed by atoms with Crippen LogP contribution in [0.2, 0.25) is 0 Å². The summed E-state index contributed by atoms with van der Waals surface area (Å²) in [6.45, 7) is 1.24. The molecule has 162 valence electrons. The van der Waals surface area contributed by atoms with Gasteiger partial charge in [-0.05, 0) is 49.0 Å². The molecule has 4 rings (SSSR count). The van der Waals surface area contributed by atoms with E-state index in [0.29, 0.717) is 19.0 Å². The highest BCUT2D eigenvalue weighted by molar-refractivity contribution is 6.03. The zero-order valence-electron chi connectivity index (χ0n) is 17.9. The number of guanidine groups is 1. The van der Waals surface area contributed by atoms with Crippen LogP contribution in [0.4, 0.5) is 5.69 Å². The Labute approximate surface area is 186 Å². The van der Waals surface area contributed by atoms with Crippen LogP contribution in [0.25, 0.3) is 5.57 Å². The molecule has 1 aromatic heterocycles. The zero-order chi connectivity index (χ0) is 22.5. The first kappa shape index (κ1) is 21.1. The largest absolute Gasteiger partial charge is 0.355 e. The fourth-order valence-electron chi connectivity index (χ4n) is 4.08. The average Bonchev–Trinajstić information content (AvgIpc) is 3.21. The number of nitrogens with zero attached hydrogens (tertiary/aromatic N) is 5. The van der Waals surface area contributed by atoms with Crippen LogP contribution in [0.1, 0.15) is 59.0 Å². The minimum Gasteiger partial charge on any atom is -0.355 e. The third-order valence-electron chi connectivity index (χ3n) is 5.75. The number of carbonyl (C=O) groups excluding carboxylic acids is 1. The Balaban J connectivity index is 1.63. The lowest BCUT2D eigenvalue weighted by molar-refractivity contribution is 0.101. The Hall–Kier alpha value is -4.11. The number of amides is 1. The summed E-state index contributed by atoms with van der Waals surface area (Å²) in [4.78, 5) is 21.4. The molecule has 2 aromatic rings. The standard InChI is InChI=1S/C23H24N8O/c1-31-13-18(10-24)29-21(31)22(32)30-20-8-7-16(9-19(20)15-5-3-2-4-6-15)17-11-26-23(27-12-17)28-14-25/h5,7-9,13,17H,2-4,6,11-12H2,1H3,(H,30,32)(H2,26,27,28). The van der Waals surface area contributed by atoms with Crippen LogP contribution in [-0.2, 0) is 7.05 Å². The number of anilines is 1. The fraction of sp³-hybridized carbons (Fsp3) is 0.348. The average molecular weight is 429 g/mol. The molecule has 9 nitrogen and oxygen atoms in total. The van der Waals surface area contributed by atoms with Crippen LogP contribution < -0.4 is 16.0 Å². The first-order valence-corrected chi connectivity index (χ1v) is 10.6. The molecule has 32 heavy (non-hydrogen) atoms. The number of aromatic nitrogens is 2. The molecule has 0 saturated carbocycles. The van der Waals surface area contributed by atoms with E-state index in [1.54, 1.807) is 11.6 Å². The number of nitrogens with one attached hydrogen (secondary N) is 3. The smallest absolute Gasteiger partial charge is 0.291 e. The van der Waals surface area contributed by atoms with Crippen LogP contribution in [0.3, 0.4) is 0 Å². The summed E-state index contributed by atoms with van der Waals surface area (Å²) in [5.41, 5.74) is 4.30. The fourth-order valence-corrected chi connectivity index (χ4v) is 4.08. The zero-order valence-corrected chi connectivity index (χ0v) is 17.9. The molecule has 0 fully saturated rings. The van der Waals surface area contributed by atoms with Crippen molar-refractivity contribution in [2.75, 3.05) is 18.4 Å². The van der Waals surface area contributed by atoms with Crippen LogP contribution in [0, 0.1) is 22.8 Å². The van der Waals surface area contributed by atoms with Crippen molar-refractivity contribution in [1.82, 2.24) is 20.2 Å². The van der Waals surface area contributed by atoms with Gasteiger partial charge in [-0.2, -0.15) is 10.5 Å². The third kappa shape index (κ3) is 4.47. The molecular formula is C23H24N8O. The number of carbonyl (C=O) groups is 1. The number of hydrogen-bond acceptors (Lipinski definition) is 7. The molecule has 1 atom stereocenters. The van der Waals surface area contributed by atoms with Gasteiger partial charge in [-0.15, -0.1) is 0 Å². The Bertz CT molecular complexity index is 1180. The van der Waals surface area contributed by atoms with Crippen molar-refractivity contribution >= 4 is 23.1 Å². The lowest BCUT2D eigenvalue weighted by atomic mass is 9.88. The molecule has 0 radical (unpaired) electrons. The van der Waals surface area contributed by atoms with Crippen LogP contribution in [0.5, 0.6) is 0 Å². The van der Waals surface area contributed by atoms with E-state index in [9.17, 15) is 4.79 Å². The van der Waals surface area contributed by atoms with Crippen LogP contribution in [-0.4, -0.2) is 34.5 Å². The molecule has 0 saturated heterocycles. The summed E-state index contributed by atoms with van der Waals surface area (Å²) in [7, 11) is 1.70. The van der Waals surface area contributed by atoms with Crippen molar-refractivity contribution in [2.24, 2.45) is 12.0 Å². The molecule has 1 aliphatic heterocycles. The quantitative estimate of drug-likeness (QED) is 0.507. The topological polar surface area (TPSA) is 131 Å². The maximum atomic E-state index is 12.9. The maximum Gasteiger partial charge on any atom is 0.291 e. The molecule has 1 aromatic carbocycles. The van der Waals surface area contributed by atoms with E-state index in [2.05, 4.69) is 38.1 Å². The first-order chi connectivity index (χ1) is 15.6. The number of benzene rings is 1. The minimum atomic E-state index is -0.351. The highest BCUT2D eigenvalue weighted by Gasteiger charge is 2.21. The second-order valence-electron chi connectivity index (χ2n) is 7.91. The van der Waals surface area contributed by atoms with Crippen molar-refractivity contribution < 1.29 is 4.79 Å². The second kappa shape index (κ2) is 9.36. The monoisotopic (exact) mass is 428 g/mol. The molecule has 2 heterocycles. The van der Waals surface area contributed by atoms with Gasteiger partial charge in [0.2, 0.25) is 5.96 Å². The molecule has 1 amide bonds. The molecular weight excluding hydrogens is 404 g/mol. The normalized spacial score (nSPS) is 17.8. The van der Waals surface area contributed by atoms with Crippen molar-refractivity contribution in [3.8, 4) is 12.3 Å². The summed E-state index contributed by atoms with van der Waals surface area (Å²) < 4.78 is 1.56. The van der Waals surface area contributed by atoms with Gasteiger partial charge in [0.25, 0.3) is 5.91 Å². The second-order valence-corrected chi connectivity index (χ2v) is 7.91. The third-order valence-corrected chi connectivity index (χ3v) is 5.75. The summed E-state index contributed by atoms with van der Waals surface area (Å²) in [5.74, 6) is 0.502. The van der Waals surface area contributed by atoms with Gasteiger partial charge in [0.05, 0.1) is 6.54 Å². The maximum absolute atomic E-state index is 12.9. The Morgan fingerprint density at radius 2 is 2.19 bits per heavy atom. The van der Waals surface area contributed by atoms with Gasteiger partial charge < -0.3 is 15.2 Å². The molecule has 1 aliphatic carbocycles. The van der Waals surface area contributed by atoms with Gasteiger partial charge in [-0.1, -0.05) is 12.1 Å². The lowest BCUT2D eigenvalue weighted by Crippen LogP contribution is -2.41. The summed E-state index contributed by atoms with van der Waals surface area (Å²) in [6, 6.07) is 8.04. The van der Waals surface area contributed by atoms with Gasteiger partial charge >= 0.3 is 0 Å². The van der Waals surface area contributed by atoms with Crippen molar-refractivity contribution in [3.63, 3.8) is 0 Å². The van der Waals surface area contributed by atoms with Gasteiger partial charge in [0, 0.05) is 37.0 Å². The van der Waals surface area contributed by atoms with E-state index < -0.39 is 0 Å². The van der Waals surface area contributed by atoms with Crippen LogP contribution in [0.15, 0.2) is 35.5 Å². The number of imidazole rings is 1. The predicted octanol–water partition coefficient (Wildman–Crippen LogP) is 2.61. The Morgan fingerprint density at radius 1 is 1.31 bits per heavy atom. The molecule has 9 heteroatoms. The van der Waals surface area contributed by atoms with E-state index in [1.165, 1.54) is 18.2 Å². The number of aryl methyl sites for hydroxylation is 1. The molecule has 2 aliphatic rings. The number of allylic oxidation sites excluding steroid dienone is 2. The lowest BCUT2D eigenvalue weighted by Gasteiger charge is -2.24. The number of hydrogen-bond donors (Lipinski definition) is 3. The summed E-state index contributed by atoms with van der Waals surface area (Å²) in [6.07, 6.45) is 9.94. The number of nitriles is 2. The van der Waals surface area contributed by atoms with E-state index in [0.717, 1.165) is 36.1 Å². The number of rotatable bonds is 4. The van der Waals surface area contributed by atoms with Crippen molar-refractivity contribution in [2.45, 2.75) is 31.6 Å². The van der Waals surface area contributed by atoms with Gasteiger partial charge in [0.1, 0.15) is 6.07 Å². The predicted molar refractivity (Wildman–Crippen MR) is 121 cm³/mol. The number of aliphatic imine (C=N–C) groups is 1. The van der Waals surface area contributed by atoms with Gasteiger partial charge in [-0.3, -0.25) is 15.1 Å². The highest BCUT2D eigenvalue weighted by Crippen LogP contribution is 2.34. The van der Waals surface area contributed by atoms with Crippen molar-refractivity contribution in [3.05, 3.63) is 53.1 Å². The SMILES string of the molecule is Cn1cc(C#N)nc1C(=O)Nc1ccc(C2CN=C(NC#N)NC2)cc1C1=CCCCC1. The molecule has 0 spiro atoms. The van der Waals surface area contributed by atoms with Crippen molar-refractivity contribution in [1.29, 1.82) is 10.5 Å². The molecule has 3 N–H and O–H groups in total. The van der Waals surface area contributed by atoms with E-state index >= 15 is 0 Å². The Kier molecular flexibility index (Phi) is 6.18. The highest BCUT2D eigenvalue weighted by atomic mass is 16.2. The first-order valence-electron chi connectivity index (χ1n) is 10.6. The Morgan fingerprint density at radius 3 is 2.84 bits per heavy atom. The molecule has 0 bridgehead atoms. The van der Waals surface area contributed by atoms with E-state index in [4.69, 9.17) is 10.5 Å². The van der Waals surface area contributed by atoms with E-state index in [-0.39, 0.29) is 23.3 Å².